The van der Waals surface area contributed by atoms with Crippen molar-refractivity contribution < 1.29 is 13.9 Å². The van der Waals surface area contributed by atoms with Crippen LogP contribution in [0.2, 0.25) is 0 Å². The SMILES string of the molecule is CC(C)(O)C1CN(c2nc(-c3n[nH]c4ncccc34)c(F)cc2F)CCN1. The van der Waals surface area contributed by atoms with Gasteiger partial charge in [-0.1, -0.05) is 0 Å². The van der Waals surface area contributed by atoms with E-state index in [1.165, 1.54) is 0 Å². The molecule has 4 rings (SSSR count). The van der Waals surface area contributed by atoms with Crippen molar-refractivity contribution in [3.8, 4) is 11.4 Å². The van der Waals surface area contributed by atoms with E-state index in [4.69, 9.17) is 0 Å². The van der Waals surface area contributed by atoms with Gasteiger partial charge in [0.25, 0.3) is 0 Å². The molecule has 0 bridgehead atoms. The van der Waals surface area contributed by atoms with Gasteiger partial charge in [0.05, 0.1) is 11.6 Å². The van der Waals surface area contributed by atoms with Gasteiger partial charge in [-0.15, -0.1) is 0 Å². The van der Waals surface area contributed by atoms with Crippen LogP contribution in [0, 0.1) is 11.6 Å². The minimum absolute atomic E-state index is 0.0380. The summed E-state index contributed by atoms with van der Waals surface area (Å²) in [5.74, 6) is -1.49. The first-order valence-corrected chi connectivity index (χ1v) is 8.71. The lowest BCUT2D eigenvalue weighted by molar-refractivity contribution is 0.0362. The quantitative estimate of drug-likeness (QED) is 0.648. The number of halogens is 2. The van der Waals surface area contributed by atoms with Crippen LogP contribution in [0.15, 0.2) is 24.4 Å². The highest BCUT2D eigenvalue weighted by Gasteiger charge is 2.33. The van der Waals surface area contributed by atoms with Crippen molar-refractivity contribution in [1.29, 1.82) is 0 Å². The topological polar surface area (TPSA) is 90.0 Å². The summed E-state index contributed by atoms with van der Waals surface area (Å²) in [5, 5.41) is 20.9. The first-order chi connectivity index (χ1) is 12.8. The zero-order chi connectivity index (χ0) is 19.2. The van der Waals surface area contributed by atoms with Crippen LogP contribution in [0.4, 0.5) is 14.6 Å². The monoisotopic (exact) mass is 374 g/mol. The molecule has 0 aliphatic carbocycles. The minimum atomic E-state index is -0.984. The Hall–Kier alpha value is -2.65. The summed E-state index contributed by atoms with van der Waals surface area (Å²) in [6, 6.07) is 4.03. The zero-order valence-corrected chi connectivity index (χ0v) is 15.0. The van der Waals surface area contributed by atoms with Crippen LogP contribution in [0.3, 0.4) is 0 Å². The Balaban J connectivity index is 1.76. The number of anilines is 1. The van der Waals surface area contributed by atoms with Crippen molar-refractivity contribution in [3.63, 3.8) is 0 Å². The van der Waals surface area contributed by atoms with Gasteiger partial charge in [-0.25, -0.2) is 18.7 Å². The van der Waals surface area contributed by atoms with Crippen LogP contribution in [-0.2, 0) is 0 Å². The Morgan fingerprint density at radius 2 is 2.07 bits per heavy atom. The van der Waals surface area contributed by atoms with Crippen LogP contribution in [0.1, 0.15) is 13.8 Å². The Labute approximate surface area is 154 Å². The van der Waals surface area contributed by atoms with Crippen LogP contribution >= 0.6 is 0 Å². The molecule has 142 valence electrons. The molecule has 0 saturated carbocycles. The van der Waals surface area contributed by atoms with Gasteiger partial charge in [0.1, 0.15) is 11.4 Å². The zero-order valence-electron chi connectivity index (χ0n) is 15.0. The van der Waals surface area contributed by atoms with Crippen LogP contribution in [-0.4, -0.2) is 56.5 Å². The van der Waals surface area contributed by atoms with Crippen LogP contribution in [0.5, 0.6) is 0 Å². The Morgan fingerprint density at radius 3 is 2.85 bits per heavy atom. The molecule has 3 aromatic heterocycles. The number of pyridine rings is 2. The molecule has 0 amide bonds. The van der Waals surface area contributed by atoms with Gasteiger partial charge in [0.2, 0.25) is 0 Å². The van der Waals surface area contributed by atoms with Crippen molar-refractivity contribution >= 4 is 16.9 Å². The standard InChI is InChI=1S/C18H20F2N6O/c1-18(2,27)13-9-26(7-6-21-13)17-12(20)8-11(19)15(23-17)14-10-4-3-5-22-16(10)25-24-14/h3-5,8,13,21,27H,6-7,9H2,1-2H3,(H,22,24,25). The molecule has 1 aliphatic heterocycles. The number of aromatic nitrogens is 4. The number of nitrogens with zero attached hydrogens (tertiary/aromatic N) is 4. The molecule has 3 aromatic rings. The Kier molecular flexibility index (Phi) is 4.27. The molecule has 0 aromatic carbocycles. The second-order valence-electron chi connectivity index (χ2n) is 7.20. The smallest absolute Gasteiger partial charge is 0.168 e. The molecule has 0 spiro atoms. The van der Waals surface area contributed by atoms with Crippen molar-refractivity contribution in [1.82, 2.24) is 25.5 Å². The molecule has 27 heavy (non-hydrogen) atoms. The van der Waals surface area contributed by atoms with E-state index in [-0.39, 0.29) is 23.2 Å². The molecule has 7 nitrogen and oxygen atoms in total. The Morgan fingerprint density at radius 1 is 1.26 bits per heavy atom. The molecule has 1 unspecified atom stereocenters. The maximum absolute atomic E-state index is 14.5. The van der Waals surface area contributed by atoms with E-state index in [2.05, 4.69) is 25.5 Å². The lowest BCUT2D eigenvalue weighted by Gasteiger charge is -2.40. The van der Waals surface area contributed by atoms with E-state index in [9.17, 15) is 13.9 Å². The minimum Gasteiger partial charge on any atom is -0.389 e. The molecule has 0 radical (unpaired) electrons. The van der Waals surface area contributed by atoms with Crippen LogP contribution in [0.25, 0.3) is 22.4 Å². The van der Waals surface area contributed by atoms with Gasteiger partial charge in [-0.05, 0) is 26.0 Å². The molecule has 3 N–H and O–H groups in total. The summed E-state index contributed by atoms with van der Waals surface area (Å²) < 4.78 is 29.0. The third-order valence-corrected chi connectivity index (χ3v) is 4.80. The van der Waals surface area contributed by atoms with Crippen molar-refractivity contribution in [2.75, 3.05) is 24.5 Å². The number of piperazine rings is 1. The summed E-state index contributed by atoms with van der Waals surface area (Å²) in [6.07, 6.45) is 1.60. The lowest BCUT2D eigenvalue weighted by atomic mass is 9.97. The molecule has 1 fully saturated rings. The number of rotatable bonds is 3. The summed E-state index contributed by atoms with van der Waals surface area (Å²) >= 11 is 0. The van der Waals surface area contributed by atoms with E-state index in [1.807, 2.05) is 0 Å². The number of aromatic amines is 1. The van der Waals surface area contributed by atoms with Gasteiger partial charge < -0.3 is 15.3 Å². The first kappa shape index (κ1) is 17.7. The maximum atomic E-state index is 14.5. The number of hydrogen-bond donors (Lipinski definition) is 3. The fraction of sp³-hybridized carbons (Fsp3) is 0.389. The first-order valence-electron chi connectivity index (χ1n) is 8.71. The van der Waals surface area contributed by atoms with Crippen LogP contribution < -0.4 is 10.2 Å². The highest BCUT2D eigenvalue weighted by molar-refractivity contribution is 5.89. The summed E-state index contributed by atoms with van der Waals surface area (Å²) in [5.41, 5.74) is -0.235. The highest BCUT2D eigenvalue weighted by atomic mass is 19.1. The second kappa shape index (κ2) is 6.50. The number of fused-ring (bicyclic) bond motifs is 1. The fourth-order valence-electron chi connectivity index (χ4n) is 3.30. The molecular weight excluding hydrogens is 354 g/mol. The molecule has 1 aliphatic rings. The molecular formula is C18H20F2N6O. The predicted molar refractivity (Wildman–Crippen MR) is 97.3 cm³/mol. The van der Waals surface area contributed by atoms with E-state index in [1.54, 1.807) is 37.1 Å². The molecule has 9 heteroatoms. The van der Waals surface area contributed by atoms with Gasteiger partial charge in [0.15, 0.2) is 23.1 Å². The summed E-state index contributed by atoms with van der Waals surface area (Å²) in [7, 11) is 0. The average Bonchev–Trinajstić information content (AvgIpc) is 3.05. The fourth-order valence-corrected chi connectivity index (χ4v) is 3.30. The van der Waals surface area contributed by atoms with Crippen molar-refractivity contribution in [2.24, 2.45) is 0 Å². The molecule has 4 heterocycles. The third-order valence-electron chi connectivity index (χ3n) is 4.80. The molecule has 1 atom stereocenters. The third kappa shape index (κ3) is 3.24. The van der Waals surface area contributed by atoms with Gasteiger partial charge in [-0.2, -0.15) is 5.10 Å². The van der Waals surface area contributed by atoms with E-state index >= 15 is 0 Å². The normalized spacial score (nSPS) is 18.3. The van der Waals surface area contributed by atoms with E-state index in [0.29, 0.717) is 30.7 Å². The van der Waals surface area contributed by atoms with E-state index < -0.39 is 17.2 Å². The second-order valence-corrected chi connectivity index (χ2v) is 7.20. The lowest BCUT2D eigenvalue weighted by Crippen LogP contribution is -2.59. The highest BCUT2D eigenvalue weighted by Crippen LogP contribution is 2.30. The Bertz CT molecular complexity index is 984. The van der Waals surface area contributed by atoms with Crippen molar-refractivity contribution in [2.45, 2.75) is 25.5 Å². The van der Waals surface area contributed by atoms with E-state index in [0.717, 1.165) is 6.07 Å². The number of aliphatic hydroxyl groups is 1. The van der Waals surface area contributed by atoms with Gasteiger partial charge in [0, 0.05) is 37.3 Å². The molecule has 1 saturated heterocycles. The average molecular weight is 374 g/mol. The largest absolute Gasteiger partial charge is 0.389 e. The van der Waals surface area contributed by atoms with Gasteiger partial charge in [-0.3, -0.25) is 5.10 Å². The predicted octanol–water partition coefficient (Wildman–Crippen LogP) is 1.85. The summed E-state index contributed by atoms with van der Waals surface area (Å²) in [6.45, 7) is 4.78. The number of hydrogen-bond acceptors (Lipinski definition) is 6. The van der Waals surface area contributed by atoms with Gasteiger partial charge >= 0.3 is 0 Å². The number of H-pyrrole nitrogens is 1. The maximum Gasteiger partial charge on any atom is 0.168 e. The number of nitrogens with one attached hydrogen (secondary N) is 2. The van der Waals surface area contributed by atoms with Crippen molar-refractivity contribution in [3.05, 3.63) is 36.0 Å². The summed E-state index contributed by atoms with van der Waals surface area (Å²) in [4.78, 5) is 10.1.